The van der Waals surface area contributed by atoms with Crippen LogP contribution in [0.1, 0.15) is 101 Å². The average molecular weight is 423 g/mol. The molecule has 0 saturated heterocycles. The summed E-state index contributed by atoms with van der Waals surface area (Å²) in [5, 5.41) is 10.8. The first kappa shape index (κ1) is 21.7. The molecule has 2 heteroatoms. The van der Waals surface area contributed by atoms with E-state index in [2.05, 4.69) is 33.8 Å². The standard InChI is InChI=1S/C29H42O2/c1-5-29-17-16-27(3,31)18-20(29)10-11-22-23-12-13-25(28(23,4)15-14-24(22)29)26(30)21-9-7-6-8-19(21)2/h6-9,20,22-25,31H,5,10-18H2,1-4H3/t20-,22+,23+,24+,25-,27-,28+,29+/m1/s1. The first-order valence-corrected chi connectivity index (χ1v) is 13.0. The summed E-state index contributed by atoms with van der Waals surface area (Å²) in [5.74, 6) is 3.59. The minimum atomic E-state index is -0.461. The molecule has 1 aromatic rings. The molecule has 2 nitrogen and oxygen atoms in total. The SMILES string of the molecule is CC[C@]12CC[C@@](C)(O)C[C@H]1CC[C@H]1[C@@H]3CC[C@H](C(=O)c4ccccc4C)[C@@]3(C)CC[C@@H]12. The Balaban J connectivity index is 1.42. The number of hydrogen-bond donors (Lipinski definition) is 1. The van der Waals surface area contributed by atoms with Crippen molar-refractivity contribution in [1.29, 1.82) is 0 Å². The Hall–Kier alpha value is -1.15. The molecule has 0 aliphatic heterocycles. The van der Waals surface area contributed by atoms with Gasteiger partial charge in [0.25, 0.3) is 0 Å². The summed E-state index contributed by atoms with van der Waals surface area (Å²) in [4.78, 5) is 13.7. The Bertz CT molecular complexity index is 856. The third-order valence-electron chi connectivity index (χ3n) is 11.0. The first-order chi connectivity index (χ1) is 14.7. The van der Waals surface area contributed by atoms with Crippen LogP contribution in [0.15, 0.2) is 24.3 Å². The number of fused-ring (bicyclic) bond motifs is 5. The van der Waals surface area contributed by atoms with Crippen LogP contribution in [0.3, 0.4) is 0 Å². The molecular formula is C29H42O2. The van der Waals surface area contributed by atoms with Gasteiger partial charge in [-0.25, -0.2) is 0 Å². The molecule has 31 heavy (non-hydrogen) atoms. The van der Waals surface area contributed by atoms with Crippen molar-refractivity contribution in [3.05, 3.63) is 35.4 Å². The van der Waals surface area contributed by atoms with Crippen molar-refractivity contribution < 1.29 is 9.90 Å². The van der Waals surface area contributed by atoms with Gasteiger partial charge in [-0.2, -0.15) is 0 Å². The van der Waals surface area contributed by atoms with E-state index >= 15 is 0 Å². The van der Waals surface area contributed by atoms with Gasteiger partial charge in [0.1, 0.15) is 0 Å². The Kier molecular flexibility index (Phi) is 5.20. The predicted octanol–water partition coefficient (Wildman–Crippen LogP) is 6.98. The summed E-state index contributed by atoms with van der Waals surface area (Å²) in [6, 6.07) is 8.20. The number of aliphatic hydroxyl groups is 1. The lowest BCUT2D eigenvalue weighted by Gasteiger charge is -2.63. The number of Topliss-reactive ketones (excluding diaryl/α,β-unsaturated/α-hetero) is 1. The number of aryl methyl sites for hydroxylation is 1. The molecule has 4 fully saturated rings. The highest BCUT2D eigenvalue weighted by molar-refractivity contribution is 5.99. The van der Waals surface area contributed by atoms with Crippen molar-refractivity contribution in [3.63, 3.8) is 0 Å². The van der Waals surface area contributed by atoms with Crippen LogP contribution in [0.25, 0.3) is 0 Å². The zero-order chi connectivity index (χ0) is 22.0. The molecule has 5 rings (SSSR count). The van der Waals surface area contributed by atoms with Crippen molar-refractivity contribution in [1.82, 2.24) is 0 Å². The Morgan fingerprint density at radius 1 is 1.00 bits per heavy atom. The summed E-state index contributed by atoms with van der Waals surface area (Å²) >= 11 is 0. The number of carbonyl (C=O) groups excluding carboxylic acids is 1. The fourth-order valence-electron chi connectivity index (χ4n) is 9.41. The van der Waals surface area contributed by atoms with E-state index < -0.39 is 5.60 Å². The number of rotatable bonds is 3. The lowest BCUT2D eigenvalue weighted by Crippen LogP contribution is -2.56. The lowest BCUT2D eigenvalue weighted by molar-refractivity contribution is -0.154. The highest BCUT2D eigenvalue weighted by atomic mass is 16.3. The number of hydrogen-bond acceptors (Lipinski definition) is 2. The maximum atomic E-state index is 13.7. The molecule has 0 heterocycles. The van der Waals surface area contributed by atoms with E-state index in [1.54, 1.807) is 0 Å². The zero-order valence-electron chi connectivity index (χ0n) is 20.1. The number of ketones is 1. The van der Waals surface area contributed by atoms with Crippen LogP contribution >= 0.6 is 0 Å². The molecule has 0 radical (unpaired) electrons. The first-order valence-electron chi connectivity index (χ1n) is 13.0. The molecule has 0 bridgehead atoms. The van der Waals surface area contributed by atoms with Crippen LogP contribution < -0.4 is 0 Å². The topological polar surface area (TPSA) is 37.3 Å². The van der Waals surface area contributed by atoms with Crippen molar-refractivity contribution in [2.24, 2.45) is 40.4 Å². The van der Waals surface area contributed by atoms with Gasteiger partial charge in [0.05, 0.1) is 5.60 Å². The van der Waals surface area contributed by atoms with Crippen molar-refractivity contribution >= 4 is 5.78 Å². The third kappa shape index (κ3) is 3.18. The van der Waals surface area contributed by atoms with Crippen LogP contribution in [0, 0.1) is 47.3 Å². The molecule has 170 valence electrons. The number of benzene rings is 1. The van der Waals surface area contributed by atoms with E-state index in [1.807, 2.05) is 18.2 Å². The summed E-state index contributed by atoms with van der Waals surface area (Å²) in [7, 11) is 0. The van der Waals surface area contributed by atoms with Gasteiger partial charge in [-0.3, -0.25) is 4.79 Å². The largest absolute Gasteiger partial charge is 0.390 e. The maximum Gasteiger partial charge on any atom is 0.166 e. The van der Waals surface area contributed by atoms with E-state index in [9.17, 15) is 9.90 Å². The normalized spacial score (nSPS) is 46.7. The van der Waals surface area contributed by atoms with Gasteiger partial charge in [-0.1, -0.05) is 38.1 Å². The van der Waals surface area contributed by atoms with Crippen LogP contribution in [0.2, 0.25) is 0 Å². The molecule has 1 N–H and O–H groups in total. The summed E-state index contributed by atoms with van der Waals surface area (Å²) in [6.07, 6.45) is 11.9. The summed E-state index contributed by atoms with van der Waals surface area (Å²) in [5.41, 5.74) is 2.23. The van der Waals surface area contributed by atoms with Gasteiger partial charge in [0, 0.05) is 11.5 Å². The highest BCUT2D eigenvalue weighted by Gasteiger charge is 2.62. The number of carbonyl (C=O) groups is 1. The smallest absolute Gasteiger partial charge is 0.166 e. The van der Waals surface area contributed by atoms with E-state index in [0.717, 1.165) is 42.2 Å². The van der Waals surface area contributed by atoms with Gasteiger partial charge < -0.3 is 5.11 Å². The quantitative estimate of drug-likeness (QED) is 0.534. The van der Waals surface area contributed by atoms with Crippen molar-refractivity contribution in [3.8, 4) is 0 Å². The van der Waals surface area contributed by atoms with E-state index in [-0.39, 0.29) is 11.3 Å². The van der Waals surface area contributed by atoms with Gasteiger partial charge in [0.15, 0.2) is 5.78 Å². The van der Waals surface area contributed by atoms with Crippen LogP contribution in [0.4, 0.5) is 0 Å². The second-order valence-corrected chi connectivity index (χ2v) is 12.3. The zero-order valence-corrected chi connectivity index (χ0v) is 20.1. The average Bonchev–Trinajstić information content (AvgIpc) is 3.10. The summed E-state index contributed by atoms with van der Waals surface area (Å²) < 4.78 is 0. The second kappa shape index (κ2) is 7.44. The molecular weight excluding hydrogens is 380 g/mol. The predicted molar refractivity (Wildman–Crippen MR) is 126 cm³/mol. The van der Waals surface area contributed by atoms with Crippen LogP contribution in [0.5, 0.6) is 0 Å². The summed E-state index contributed by atoms with van der Waals surface area (Å²) in [6.45, 7) is 9.04. The molecule has 0 aromatic heterocycles. The minimum Gasteiger partial charge on any atom is -0.390 e. The molecule has 4 saturated carbocycles. The fraction of sp³-hybridized carbons (Fsp3) is 0.759. The molecule has 4 aliphatic carbocycles. The van der Waals surface area contributed by atoms with Crippen LogP contribution in [-0.2, 0) is 0 Å². The second-order valence-electron chi connectivity index (χ2n) is 12.3. The third-order valence-corrected chi connectivity index (χ3v) is 11.0. The molecule has 0 spiro atoms. The Morgan fingerprint density at radius 2 is 1.77 bits per heavy atom. The minimum absolute atomic E-state index is 0.169. The van der Waals surface area contributed by atoms with Gasteiger partial charge in [-0.05, 0) is 118 Å². The van der Waals surface area contributed by atoms with Gasteiger partial charge >= 0.3 is 0 Å². The fourth-order valence-corrected chi connectivity index (χ4v) is 9.41. The van der Waals surface area contributed by atoms with Crippen molar-refractivity contribution in [2.75, 3.05) is 0 Å². The maximum absolute atomic E-state index is 13.7. The molecule has 4 aliphatic rings. The lowest BCUT2D eigenvalue weighted by atomic mass is 9.42. The van der Waals surface area contributed by atoms with Gasteiger partial charge in [-0.15, -0.1) is 0 Å². The molecule has 0 unspecified atom stereocenters. The molecule has 0 amide bonds. The van der Waals surface area contributed by atoms with Gasteiger partial charge in [0.2, 0.25) is 0 Å². The van der Waals surface area contributed by atoms with Crippen LogP contribution in [-0.4, -0.2) is 16.5 Å². The van der Waals surface area contributed by atoms with Crippen molar-refractivity contribution in [2.45, 2.75) is 97.5 Å². The Morgan fingerprint density at radius 3 is 2.52 bits per heavy atom. The Labute approximate surface area is 189 Å². The van der Waals surface area contributed by atoms with E-state index in [4.69, 9.17) is 0 Å². The van der Waals surface area contributed by atoms with E-state index in [1.165, 1.54) is 44.9 Å². The van der Waals surface area contributed by atoms with E-state index in [0.29, 0.717) is 23.0 Å². The monoisotopic (exact) mass is 422 g/mol. The highest BCUT2D eigenvalue weighted by Crippen LogP contribution is 2.69. The molecule has 1 aromatic carbocycles. The molecule has 8 atom stereocenters.